The first-order valence-corrected chi connectivity index (χ1v) is 8.01. The molecule has 0 fully saturated rings. The van der Waals surface area contributed by atoms with E-state index in [-0.39, 0.29) is 11.8 Å². The van der Waals surface area contributed by atoms with E-state index in [4.69, 9.17) is 0 Å². The van der Waals surface area contributed by atoms with Gasteiger partial charge in [-0.15, -0.1) is 0 Å². The molecule has 1 N–H and O–H groups in total. The van der Waals surface area contributed by atoms with Crippen LogP contribution in [0.2, 0.25) is 0 Å². The molecule has 0 aromatic heterocycles. The second kappa shape index (κ2) is 6.88. The Morgan fingerprint density at radius 1 is 1.35 bits per heavy atom. The summed E-state index contributed by atoms with van der Waals surface area (Å²) in [5.74, 6) is 0.114. The van der Waals surface area contributed by atoms with Gasteiger partial charge in [-0.1, -0.05) is 15.9 Å². The van der Waals surface area contributed by atoms with Crippen LogP contribution in [0.1, 0.15) is 31.7 Å². The molecule has 0 saturated carbocycles. The van der Waals surface area contributed by atoms with Crippen LogP contribution in [0, 0.1) is 0 Å². The number of hydrogen-bond donors (Lipinski definition) is 1. The second-order valence-electron chi connectivity index (χ2n) is 4.96. The number of hydrogen-bond acceptors (Lipinski definition) is 2. The molecule has 0 bridgehead atoms. The Bertz CT molecular complexity index is 517. The van der Waals surface area contributed by atoms with E-state index in [1.165, 1.54) is 0 Å². The fraction of sp³-hybridized carbons (Fsp3) is 0.467. The van der Waals surface area contributed by atoms with Crippen LogP contribution >= 0.6 is 15.9 Å². The molecule has 0 unspecified atom stereocenters. The molecule has 2 rings (SSSR count). The fourth-order valence-electron chi connectivity index (χ4n) is 2.41. The number of fused-ring (bicyclic) bond motifs is 1. The highest BCUT2D eigenvalue weighted by atomic mass is 79.9. The maximum absolute atomic E-state index is 11.8. The Kier molecular flexibility index (Phi) is 5.17. The maximum atomic E-state index is 11.8. The van der Waals surface area contributed by atoms with Crippen LogP contribution in [-0.2, 0) is 16.0 Å². The number of nitrogens with one attached hydrogen (secondary N) is 1. The molecule has 4 nitrogen and oxygen atoms in total. The molecular formula is C15H19BrN2O2. The number of carbonyl (C=O) groups excluding carboxylic acids is 2. The van der Waals surface area contributed by atoms with Gasteiger partial charge in [-0.05, 0) is 43.0 Å². The SMILES string of the molecule is CC(=O)N1CCc2cc(NC(=O)CCCCBr)ccc21. The van der Waals surface area contributed by atoms with Crippen molar-refractivity contribution in [3.8, 4) is 0 Å². The van der Waals surface area contributed by atoms with Crippen LogP contribution in [0.5, 0.6) is 0 Å². The summed E-state index contributed by atoms with van der Waals surface area (Å²) < 4.78 is 0. The van der Waals surface area contributed by atoms with Crippen molar-refractivity contribution >= 4 is 39.1 Å². The molecule has 108 valence electrons. The van der Waals surface area contributed by atoms with Gasteiger partial charge in [0.25, 0.3) is 0 Å². The maximum Gasteiger partial charge on any atom is 0.224 e. The molecule has 1 aliphatic rings. The number of unbranched alkanes of at least 4 members (excludes halogenated alkanes) is 1. The third kappa shape index (κ3) is 3.60. The first kappa shape index (κ1) is 15.0. The minimum atomic E-state index is 0.0484. The Hall–Kier alpha value is -1.36. The molecule has 2 amide bonds. The molecule has 5 heteroatoms. The molecule has 0 atom stereocenters. The Labute approximate surface area is 127 Å². The van der Waals surface area contributed by atoms with E-state index >= 15 is 0 Å². The van der Waals surface area contributed by atoms with Crippen LogP contribution < -0.4 is 10.2 Å². The quantitative estimate of drug-likeness (QED) is 0.662. The lowest BCUT2D eigenvalue weighted by molar-refractivity contribution is -0.117. The molecule has 1 aromatic rings. The van der Waals surface area contributed by atoms with Crippen LogP contribution in [0.4, 0.5) is 11.4 Å². The van der Waals surface area contributed by atoms with Crippen molar-refractivity contribution in [3.63, 3.8) is 0 Å². The van der Waals surface area contributed by atoms with Gasteiger partial charge in [0.05, 0.1) is 0 Å². The van der Waals surface area contributed by atoms with E-state index in [1.807, 2.05) is 18.2 Å². The molecule has 0 aliphatic carbocycles. The molecule has 0 spiro atoms. The van der Waals surface area contributed by atoms with Crippen molar-refractivity contribution in [3.05, 3.63) is 23.8 Å². The summed E-state index contributed by atoms with van der Waals surface area (Å²) in [7, 11) is 0. The average molecular weight is 339 g/mol. The predicted molar refractivity (Wildman–Crippen MR) is 84.4 cm³/mol. The third-order valence-electron chi connectivity index (χ3n) is 3.43. The summed E-state index contributed by atoms with van der Waals surface area (Å²) in [5, 5.41) is 3.85. The summed E-state index contributed by atoms with van der Waals surface area (Å²) in [6.07, 6.45) is 3.29. The lowest BCUT2D eigenvalue weighted by Crippen LogP contribution is -2.25. The number of amides is 2. The van der Waals surface area contributed by atoms with Crippen LogP contribution in [0.3, 0.4) is 0 Å². The Morgan fingerprint density at radius 3 is 2.85 bits per heavy atom. The summed E-state index contributed by atoms with van der Waals surface area (Å²) in [5.41, 5.74) is 2.91. The van der Waals surface area contributed by atoms with Gasteiger partial charge in [0.2, 0.25) is 11.8 Å². The smallest absolute Gasteiger partial charge is 0.224 e. The van der Waals surface area contributed by atoms with E-state index in [2.05, 4.69) is 21.2 Å². The number of halogens is 1. The minimum Gasteiger partial charge on any atom is -0.326 e. The van der Waals surface area contributed by atoms with Gasteiger partial charge in [0.1, 0.15) is 0 Å². The van der Waals surface area contributed by atoms with Crippen molar-refractivity contribution in [2.45, 2.75) is 32.6 Å². The average Bonchev–Trinajstić information content (AvgIpc) is 2.82. The van der Waals surface area contributed by atoms with Crippen molar-refractivity contribution in [2.75, 3.05) is 22.1 Å². The monoisotopic (exact) mass is 338 g/mol. The zero-order valence-electron chi connectivity index (χ0n) is 11.6. The number of nitrogens with zero attached hydrogens (tertiary/aromatic N) is 1. The van der Waals surface area contributed by atoms with E-state index in [0.717, 1.165) is 48.1 Å². The fourth-order valence-corrected chi connectivity index (χ4v) is 2.81. The summed E-state index contributed by atoms with van der Waals surface area (Å²) in [6, 6.07) is 5.75. The van der Waals surface area contributed by atoms with Gasteiger partial charge in [-0.25, -0.2) is 0 Å². The summed E-state index contributed by atoms with van der Waals surface area (Å²) in [4.78, 5) is 25.0. The molecule has 1 aliphatic heterocycles. The van der Waals surface area contributed by atoms with Gasteiger partial charge in [-0.3, -0.25) is 9.59 Å². The highest BCUT2D eigenvalue weighted by Crippen LogP contribution is 2.30. The van der Waals surface area contributed by atoms with Crippen LogP contribution in [0.15, 0.2) is 18.2 Å². The predicted octanol–water partition coefficient (Wildman–Crippen LogP) is 3.10. The number of rotatable bonds is 5. The van der Waals surface area contributed by atoms with Crippen molar-refractivity contribution < 1.29 is 9.59 Å². The highest BCUT2D eigenvalue weighted by Gasteiger charge is 2.22. The second-order valence-corrected chi connectivity index (χ2v) is 5.75. The minimum absolute atomic E-state index is 0.0484. The third-order valence-corrected chi connectivity index (χ3v) is 3.99. The normalized spacial score (nSPS) is 13.2. The standard InChI is InChI=1S/C15H19BrN2O2/c1-11(19)18-9-7-12-10-13(5-6-14(12)18)17-15(20)4-2-3-8-16/h5-6,10H,2-4,7-9H2,1H3,(H,17,20). The molecule has 1 heterocycles. The van der Waals surface area contributed by atoms with Gasteiger partial charge in [0.15, 0.2) is 0 Å². The first-order valence-electron chi connectivity index (χ1n) is 6.88. The van der Waals surface area contributed by atoms with Gasteiger partial charge in [0, 0.05) is 36.6 Å². The van der Waals surface area contributed by atoms with Gasteiger partial charge < -0.3 is 10.2 Å². The Morgan fingerprint density at radius 2 is 2.15 bits per heavy atom. The lowest BCUT2D eigenvalue weighted by Gasteiger charge is -2.15. The van der Waals surface area contributed by atoms with E-state index < -0.39 is 0 Å². The van der Waals surface area contributed by atoms with Crippen molar-refractivity contribution in [1.82, 2.24) is 0 Å². The largest absolute Gasteiger partial charge is 0.326 e. The number of alkyl halides is 1. The van der Waals surface area contributed by atoms with E-state index in [1.54, 1.807) is 11.8 Å². The molecule has 0 radical (unpaired) electrons. The Balaban J connectivity index is 1.98. The lowest BCUT2D eigenvalue weighted by atomic mass is 10.1. The van der Waals surface area contributed by atoms with E-state index in [9.17, 15) is 9.59 Å². The number of benzene rings is 1. The summed E-state index contributed by atoms with van der Waals surface area (Å²) >= 11 is 3.35. The topological polar surface area (TPSA) is 49.4 Å². The number of anilines is 2. The van der Waals surface area contributed by atoms with Crippen LogP contribution in [0.25, 0.3) is 0 Å². The molecular weight excluding hydrogens is 320 g/mol. The molecule has 0 saturated heterocycles. The molecule has 20 heavy (non-hydrogen) atoms. The van der Waals surface area contributed by atoms with Crippen molar-refractivity contribution in [2.24, 2.45) is 0 Å². The van der Waals surface area contributed by atoms with E-state index in [0.29, 0.717) is 6.42 Å². The highest BCUT2D eigenvalue weighted by molar-refractivity contribution is 9.09. The zero-order valence-corrected chi connectivity index (χ0v) is 13.2. The first-order chi connectivity index (χ1) is 9.61. The van der Waals surface area contributed by atoms with Gasteiger partial charge in [-0.2, -0.15) is 0 Å². The summed E-state index contributed by atoms with van der Waals surface area (Å²) in [6.45, 7) is 2.31. The zero-order chi connectivity index (χ0) is 14.5. The van der Waals surface area contributed by atoms with Crippen molar-refractivity contribution in [1.29, 1.82) is 0 Å². The van der Waals surface area contributed by atoms with Crippen LogP contribution in [-0.4, -0.2) is 23.7 Å². The number of carbonyl (C=O) groups is 2. The molecule has 1 aromatic carbocycles. The van der Waals surface area contributed by atoms with Gasteiger partial charge >= 0.3 is 0 Å².